The van der Waals surface area contributed by atoms with Gasteiger partial charge in [-0.15, -0.1) is 11.8 Å². The largest absolute Gasteiger partial charge is 0.379 e. The summed E-state index contributed by atoms with van der Waals surface area (Å²) in [4.78, 5) is 12.9. The molecule has 22 heavy (non-hydrogen) atoms. The van der Waals surface area contributed by atoms with Gasteiger partial charge < -0.3 is 14.8 Å². The van der Waals surface area contributed by atoms with Crippen molar-refractivity contribution in [1.82, 2.24) is 5.32 Å². The molecule has 1 saturated heterocycles. The van der Waals surface area contributed by atoms with Gasteiger partial charge in [0.15, 0.2) is 0 Å². The zero-order chi connectivity index (χ0) is 15.6. The molecule has 0 spiro atoms. The third-order valence-electron chi connectivity index (χ3n) is 3.51. The SMILES string of the molecule is Cc1ccc(SCC(=O)NCCCOCC2CCCO2)cc1. The summed E-state index contributed by atoms with van der Waals surface area (Å²) in [6.07, 6.45) is 3.36. The molecule has 0 bridgehead atoms. The van der Waals surface area contributed by atoms with Gasteiger partial charge in [-0.2, -0.15) is 0 Å². The molecule has 1 amide bonds. The molecule has 5 heteroatoms. The maximum absolute atomic E-state index is 11.7. The zero-order valence-corrected chi connectivity index (χ0v) is 14.0. The molecule has 1 unspecified atom stereocenters. The lowest BCUT2D eigenvalue weighted by Gasteiger charge is -2.10. The Hall–Kier alpha value is -1.04. The van der Waals surface area contributed by atoms with E-state index in [1.165, 1.54) is 5.56 Å². The number of aryl methyl sites for hydroxylation is 1. The van der Waals surface area contributed by atoms with E-state index < -0.39 is 0 Å². The van der Waals surface area contributed by atoms with E-state index in [1.54, 1.807) is 11.8 Å². The summed E-state index contributed by atoms with van der Waals surface area (Å²) in [7, 11) is 0. The first kappa shape index (κ1) is 17.3. The zero-order valence-electron chi connectivity index (χ0n) is 13.2. The monoisotopic (exact) mass is 323 g/mol. The minimum Gasteiger partial charge on any atom is -0.379 e. The normalized spacial score (nSPS) is 17.6. The molecule has 0 saturated carbocycles. The van der Waals surface area contributed by atoms with Gasteiger partial charge in [0, 0.05) is 24.7 Å². The van der Waals surface area contributed by atoms with Crippen molar-refractivity contribution in [2.24, 2.45) is 0 Å². The van der Waals surface area contributed by atoms with Crippen LogP contribution >= 0.6 is 11.8 Å². The summed E-state index contributed by atoms with van der Waals surface area (Å²) in [6, 6.07) is 8.22. The molecule has 1 fully saturated rings. The molecule has 1 heterocycles. The van der Waals surface area contributed by atoms with Crippen molar-refractivity contribution in [2.75, 3.05) is 32.1 Å². The van der Waals surface area contributed by atoms with Crippen LogP contribution in [0.2, 0.25) is 0 Å². The predicted octanol–water partition coefficient (Wildman–Crippen LogP) is 2.79. The molecule has 1 atom stereocenters. The van der Waals surface area contributed by atoms with Crippen molar-refractivity contribution in [3.05, 3.63) is 29.8 Å². The summed E-state index contributed by atoms with van der Waals surface area (Å²) in [6.45, 7) is 4.94. The number of carbonyl (C=O) groups is 1. The average molecular weight is 323 g/mol. The Kier molecular flexibility index (Phi) is 7.77. The van der Waals surface area contributed by atoms with Crippen LogP contribution in [0.1, 0.15) is 24.8 Å². The standard InChI is InChI=1S/C17H25NO3S/c1-14-5-7-16(8-6-14)22-13-17(19)18-9-3-10-20-12-15-4-2-11-21-15/h5-8,15H,2-4,9-13H2,1H3,(H,18,19). The molecule has 0 aromatic heterocycles. The van der Waals surface area contributed by atoms with Crippen LogP contribution in [0.3, 0.4) is 0 Å². The van der Waals surface area contributed by atoms with Gasteiger partial charge in [-0.25, -0.2) is 0 Å². The van der Waals surface area contributed by atoms with E-state index in [4.69, 9.17) is 9.47 Å². The highest BCUT2D eigenvalue weighted by molar-refractivity contribution is 8.00. The minimum atomic E-state index is 0.0738. The van der Waals surface area contributed by atoms with Crippen molar-refractivity contribution in [1.29, 1.82) is 0 Å². The number of thioether (sulfide) groups is 1. The minimum absolute atomic E-state index is 0.0738. The van der Waals surface area contributed by atoms with Crippen LogP contribution in [0, 0.1) is 6.92 Å². The molecule has 1 aliphatic heterocycles. The van der Waals surface area contributed by atoms with Crippen LogP contribution in [0.25, 0.3) is 0 Å². The van der Waals surface area contributed by atoms with E-state index >= 15 is 0 Å². The predicted molar refractivity (Wildman–Crippen MR) is 89.3 cm³/mol. The second kappa shape index (κ2) is 9.87. The lowest BCUT2D eigenvalue weighted by atomic mass is 10.2. The Labute approximate surface area is 137 Å². The molecular weight excluding hydrogens is 298 g/mol. The third-order valence-corrected chi connectivity index (χ3v) is 4.52. The molecule has 122 valence electrons. The van der Waals surface area contributed by atoms with Crippen molar-refractivity contribution in [2.45, 2.75) is 37.2 Å². The first-order chi connectivity index (χ1) is 10.7. The molecule has 1 aromatic carbocycles. The summed E-state index contributed by atoms with van der Waals surface area (Å²) >= 11 is 1.56. The van der Waals surface area contributed by atoms with Gasteiger partial charge in [-0.3, -0.25) is 4.79 Å². The van der Waals surface area contributed by atoms with Crippen LogP contribution in [0.15, 0.2) is 29.2 Å². The Morgan fingerprint density at radius 2 is 2.23 bits per heavy atom. The number of rotatable bonds is 9. The highest BCUT2D eigenvalue weighted by Crippen LogP contribution is 2.17. The molecule has 1 aromatic rings. The Balaban J connectivity index is 1.46. The number of nitrogens with one attached hydrogen (secondary N) is 1. The summed E-state index contributed by atoms with van der Waals surface area (Å²) in [5.74, 6) is 0.532. The maximum Gasteiger partial charge on any atom is 0.230 e. The van der Waals surface area contributed by atoms with Gasteiger partial charge in [0.1, 0.15) is 0 Å². The van der Waals surface area contributed by atoms with Crippen molar-refractivity contribution < 1.29 is 14.3 Å². The second-order valence-corrected chi connectivity index (χ2v) is 6.56. The first-order valence-electron chi connectivity index (χ1n) is 7.89. The summed E-state index contributed by atoms with van der Waals surface area (Å²) < 4.78 is 11.0. The van der Waals surface area contributed by atoms with E-state index in [2.05, 4.69) is 24.4 Å². The highest BCUT2D eigenvalue weighted by atomic mass is 32.2. The number of ether oxygens (including phenoxy) is 2. The maximum atomic E-state index is 11.7. The smallest absolute Gasteiger partial charge is 0.230 e. The fraction of sp³-hybridized carbons (Fsp3) is 0.588. The van der Waals surface area contributed by atoms with Crippen molar-refractivity contribution in [3.8, 4) is 0 Å². The van der Waals surface area contributed by atoms with Crippen LogP contribution in [0.5, 0.6) is 0 Å². The molecule has 1 N–H and O–H groups in total. The Bertz CT molecular complexity index is 444. The number of hydrogen-bond acceptors (Lipinski definition) is 4. The molecule has 0 radical (unpaired) electrons. The van der Waals surface area contributed by atoms with Gasteiger partial charge in [0.05, 0.1) is 18.5 Å². The van der Waals surface area contributed by atoms with E-state index in [9.17, 15) is 4.79 Å². The lowest BCUT2D eigenvalue weighted by molar-refractivity contribution is -0.118. The summed E-state index contributed by atoms with van der Waals surface area (Å²) in [5.41, 5.74) is 1.23. The van der Waals surface area contributed by atoms with Crippen LogP contribution in [-0.4, -0.2) is 44.1 Å². The number of benzene rings is 1. The van der Waals surface area contributed by atoms with Gasteiger partial charge in [0.2, 0.25) is 5.91 Å². The molecule has 4 nitrogen and oxygen atoms in total. The summed E-state index contributed by atoms with van der Waals surface area (Å²) in [5, 5.41) is 2.92. The van der Waals surface area contributed by atoms with Gasteiger partial charge in [0.25, 0.3) is 0 Å². The Morgan fingerprint density at radius 3 is 2.95 bits per heavy atom. The molecular formula is C17H25NO3S. The van der Waals surface area contributed by atoms with E-state index in [-0.39, 0.29) is 12.0 Å². The Morgan fingerprint density at radius 1 is 1.41 bits per heavy atom. The quantitative estimate of drug-likeness (QED) is 0.561. The molecule has 0 aliphatic carbocycles. The highest BCUT2D eigenvalue weighted by Gasteiger charge is 2.14. The average Bonchev–Trinajstić information content (AvgIpc) is 3.03. The number of amides is 1. The number of hydrogen-bond donors (Lipinski definition) is 1. The van der Waals surface area contributed by atoms with Crippen LogP contribution in [-0.2, 0) is 14.3 Å². The van der Waals surface area contributed by atoms with E-state index in [0.29, 0.717) is 25.5 Å². The molecule has 2 rings (SSSR count). The first-order valence-corrected chi connectivity index (χ1v) is 8.88. The van der Waals surface area contributed by atoms with E-state index in [1.807, 2.05) is 12.1 Å². The second-order valence-electron chi connectivity index (χ2n) is 5.52. The van der Waals surface area contributed by atoms with E-state index in [0.717, 1.165) is 30.8 Å². The van der Waals surface area contributed by atoms with Crippen molar-refractivity contribution in [3.63, 3.8) is 0 Å². The third kappa shape index (κ3) is 6.81. The fourth-order valence-electron chi connectivity index (χ4n) is 2.23. The number of carbonyl (C=O) groups excluding carboxylic acids is 1. The topological polar surface area (TPSA) is 47.6 Å². The van der Waals surface area contributed by atoms with Crippen LogP contribution in [0.4, 0.5) is 0 Å². The van der Waals surface area contributed by atoms with Gasteiger partial charge in [-0.05, 0) is 38.3 Å². The van der Waals surface area contributed by atoms with Gasteiger partial charge in [-0.1, -0.05) is 17.7 Å². The fourth-order valence-corrected chi connectivity index (χ4v) is 2.96. The van der Waals surface area contributed by atoms with Crippen molar-refractivity contribution >= 4 is 17.7 Å². The molecule has 1 aliphatic rings. The van der Waals surface area contributed by atoms with Crippen LogP contribution < -0.4 is 5.32 Å². The van der Waals surface area contributed by atoms with Gasteiger partial charge >= 0.3 is 0 Å². The lowest BCUT2D eigenvalue weighted by Crippen LogP contribution is -2.27.